The molecule has 0 fully saturated rings. The maximum absolute atomic E-state index is 12.7. The molecule has 2 aromatic carbocycles. The van der Waals surface area contributed by atoms with Crippen LogP contribution in [0, 0.1) is 5.82 Å². The minimum absolute atomic E-state index is 0.0172. The van der Waals surface area contributed by atoms with E-state index in [0.29, 0.717) is 40.9 Å². The minimum Gasteiger partial charge on any atom is -0.766 e. The summed E-state index contributed by atoms with van der Waals surface area (Å²) < 4.78 is 76.5. The third-order valence-electron chi connectivity index (χ3n) is 5.76. The van der Waals surface area contributed by atoms with Crippen molar-refractivity contribution in [3.63, 3.8) is 0 Å². The number of aromatic nitrogens is 4. The zero-order chi connectivity index (χ0) is 30.1. The van der Waals surface area contributed by atoms with E-state index in [0.717, 1.165) is 17.8 Å². The molecule has 14 heteroatoms. The lowest BCUT2D eigenvalue weighted by Gasteiger charge is -2.08. The summed E-state index contributed by atoms with van der Waals surface area (Å²) in [4.78, 5) is 28.4. The number of carbonyl (C=O) groups is 1. The third kappa shape index (κ3) is 8.80. The van der Waals surface area contributed by atoms with Gasteiger partial charge in [-0.15, -0.1) is 0 Å². The van der Waals surface area contributed by atoms with Gasteiger partial charge in [-0.3, -0.25) is 19.0 Å². The number of furan rings is 1. The Morgan fingerprint density at radius 3 is 2.45 bits per heavy atom. The number of nitrogens with zero attached hydrogens (tertiary/aromatic N) is 4. The van der Waals surface area contributed by atoms with Crippen molar-refractivity contribution in [2.75, 3.05) is 6.54 Å². The highest BCUT2D eigenvalue weighted by atomic mass is 32.2. The van der Waals surface area contributed by atoms with E-state index >= 15 is 0 Å². The standard InChI is InChI=1S/C20H18F3N5O.C8H5FO3S/c21-20(22,23)15-3-1-14(2-4-15)19-9-16(27-13-28-19)5-6-18(29)12-25-11-17-10-24-7-8-26-17;9-6-1-2-7-5(3-6)4-8(12-7)13(10)11/h1-4,7-10,13,25H,5-6,11-12H2;1-4H,(H,10,11)/p-1. The van der Waals surface area contributed by atoms with E-state index in [2.05, 4.69) is 25.3 Å². The van der Waals surface area contributed by atoms with Crippen molar-refractivity contribution in [1.29, 1.82) is 0 Å². The molecule has 3 heterocycles. The molecular formula is C28H22F4N5O4S-. The van der Waals surface area contributed by atoms with Crippen LogP contribution in [0.2, 0.25) is 0 Å². The number of carbonyl (C=O) groups excluding carboxylic acids is 1. The molecule has 0 aliphatic heterocycles. The molecule has 5 rings (SSSR count). The number of aryl methyl sites for hydroxylation is 1. The minimum atomic E-state index is -4.38. The van der Waals surface area contributed by atoms with Gasteiger partial charge < -0.3 is 14.3 Å². The van der Waals surface area contributed by atoms with Gasteiger partial charge in [0.25, 0.3) is 0 Å². The first-order chi connectivity index (χ1) is 20.1. The Morgan fingerprint density at radius 2 is 1.76 bits per heavy atom. The zero-order valence-electron chi connectivity index (χ0n) is 21.7. The molecule has 0 saturated carbocycles. The van der Waals surface area contributed by atoms with Gasteiger partial charge >= 0.3 is 6.18 Å². The summed E-state index contributed by atoms with van der Waals surface area (Å²) in [6, 6.07) is 11.6. The second-order valence-corrected chi connectivity index (χ2v) is 9.66. The number of ketones is 1. The maximum atomic E-state index is 12.7. The predicted octanol–water partition coefficient (Wildman–Crippen LogP) is 5.05. The molecule has 1 N–H and O–H groups in total. The first kappa shape index (κ1) is 30.6. The number of alkyl halides is 3. The Kier molecular flexibility index (Phi) is 10.2. The summed E-state index contributed by atoms with van der Waals surface area (Å²) in [5.41, 5.74) is 2.11. The molecule has 42 heavy (non-hydrogen) atoms. The van der Waals surface area contributed by atoms with E-state index in [4.69, 9.17) is 4.42 Å². The highest BCUT2D eigenvalue weighted by molar-refractivity contribution is 7.79. The number of Topliss-reactive ketones (excluding diaryl/α,β-unsaturated/α-hetero) is 1. The quantitative estimate of drug-likeness (QED) is 0.182. The fraction of sp³-hybridized carbons (Fsp3) is 0.179. The summed E-state index contributed by atoms with van der Waals surface area (Å²) in [7, 11) is 0. The molecule has 0 aliphatic rings. The topological polar surface area (TPSA) is 134 Å². The van der Waals surface area contributed by atoms with E-state index in [1.165, 1.54) is 42.7 Å². The summed E-state index contributed by atoms with van der Waals surface area (Å²) in [5, 5.41) is 3.28. The predicted molar refractivity (Wildman–Crippen MR) is 143 cm³/mol. The van der Waals surface area contributed by atoms with E-state index < -0.39 is 28.6 Å². The van der Waals surface area contributed by atoms with Crippen LogP contribution in [0.25, 0.3) is 22.2 Å². The van der Waals surface area contributed by atoms with Crippen molar-refractivity contribution < 1.29 is 35.5 Å². The molecule has 5 aromatic rings. The largest absolute Gasteiger partial charge is 0.766 e. The molecule has 9 nitrogen and oxygen atoms in total. The molecule has 0 radical (unpaired) electrons. The lowest BCUT2D eigenvalue weighted by Crippen LogP contribution is -2.23. The van der Waals surface area contributed by atoms with Crippen molar-refractivity contribution in [2.24, 2.45) is 0 Å². The first-order valence-corrected chi connectivity index (χ1v) is 13.4. The van der Waals surface area contributed by atoms with Gasteiger partial charge in [0.1, 0.15) is 23.5 Å². The van der Waals surface area contributed by atoms with Crippen molar-refractivity contribution in [1.82, 2.24) is 25.3 Å². The van der Waals surface area contributed by atoms with Crippen LogP contribution in [0.3, 0.4) is 0 Å². The summed E-state index contributed by atoms with van der Waals surface area (Å²) in [6.45, 7) is 0.651. The highest BCUT2D eigenvalue weighted by Gasteiger charge is 2.30. The fourth-order valence-electron chi connectivity index (χ4n) is 3.70. The second-order valence-electron chi connectivity index (χ2n) is 8.79. The van der Waals surface area contributed by atoms with E-state index in [9.17, 15) is 31.1 Å². The van der Waals surface area contributed by atoms with Crippen molar-refractivity contribution >= 4 is 27.8 Å². The molecule has 0 spiro atoms. The van der Waals surface area contributed by atoms with Gasteiger partial charge in [-0.2, -0.15) is 13.2 Å². The smallest absolute Gasteiger partial charge is 0.416 e. The van der Waals surface area contributed by atoms with Crippen molar-refractivity contribution in [3.8, 4) is 11.3 Å². The van der Waals surface area contributed by atoms with Crippen LogP contribution in [0.4, 0.5) is 17.6 Å². The highest BCUT2D eigenvalue weighted by Crippen LogP contribution is 2.30. The average Bonchev–Trinajstić information content (AvgIpc) is 3.41. The van der Waals surface area contributed by atoms with Crippen LogP contribution in [-0.2, 0) is 35.0 Å². The molecule has 0 amide bonds. The Balaban J connectivity index is 0.000000258. The van der Waals surface area contributed by atoms with E-state index in [-0.39, 0.29) is 23.8 Å². The number of rotatable bonds is 9. The van der Waals surface area contributed by atoms with E-state index in [1.807, 2.05) is 0 Å². The molecule has 1 atom stereocenters. The number of nitrogens with one attached hydrogen (secondary N) is 1. The molecule has 0 saturated heterocycles. The Bertz CT molecular complexity index is 1670. The van der Waals surface area contributed by atoms with Gasteiger partial charge in [-0.25, -0.2) is 14.4 Å². The molecule has 0 bridgehead atoms. The first-order valence-electron chi connectivity index (χ1n) is 12.3. The van der Waals surface area contributed by atoms with Crippen LogP contribution < -0.4 is 5.32 Å². The average molecular weight is 601 g/mol. The van der Waals surface area contributed by atoms with Gasteiger partial charge in [0.05, 0.1) is 23.5 Å². The maximum Gasteiger partial charge on any atom is 0.416 e. The molecule has 0 aliphatic carbocycles. The Hall–Kier alpha value is -4.40. The van der Waals surface area contributed by atoms with Crippen LogP contribution in [0.1, 0.15) is 23.4 Å². The fourth-order valence-corrected chi connectivity index (χ4v) is 4.08. The monoisotopic (exact) mass is 600 g/mol. The van der Waals surface area contributed by atoms with Gasteiger partial charge in [-0.1, -0.05) is 12.1 Å². The molecule has 3 aromatic heterocycles. The van der Waals surface area contributed by atoms with E-state index in [1.54, 1.807) is 24.7 Å². The zero-order valence-corrected chi connectivity index (χ0v) is 22.5. The Labute approximate surface area is 239 Å². The van der Waals surface area contributed by atoms with Crippen molar-refractivity contribution in [3.05, 3.63) is 102 Å². The second kappa shape index (κ2) is 14.0. The van der Waals surface area contributed by atoms with Gasteiger partial charge in [0, 0.05) is 65.3 Å². The van der Waals surface area contributed by atoms with Crippen LogP contribution >= 0.6 is 0 Å². The SMILES string of the molecule is O=C(CCc1cc(-c2ccc(C(F)(F)F)cc2)ncn1)CNCc1cnccn1.O=S([O-])c1cc2cc(F)ccc2o1. The number of hydrogen-bond donors (Lipinski definition) is 1. The van der Waals surface area contributed by atoms with Gasteiger partial charge in [0.15, 0.2) is 5.09 Å². The normalized spacial score (nSPS) is 12.0. The third-order valence-corrected chi connectivity index (χ3v) is 6.29. The molecular weight excluding hydrogens is 578 g/mol. The molecule has 218 valence electrons. The number of benzene rings is 2. The lowest BCUT2D eigenvalue weighted by molar-refractivity contribution is -0.137. The summed E-state index contributed by atoms with van der Waals surface area (Å²) in [5.74, 6) is -0.403. The lowest BCUT2D eigenvalue weighted by atomic mass is 10.1. The molecule has 1 unspecified atom stereocenters. The van der Waals surface area contributed by atoms with Crippen molar-refractivity contribution in [2.45, 2.75) is 30.7 Å². The summed E-state index contributed by atoms with van der Waals surface area (Å²) >= 11 is -2.41. The Morgan fingerprint density at radius 1 is 0.976 bits per heavy atom. The van der Waals surface area contributed by atoms with Gasteiger partial charge in [0.2, 0.25) is 0 Å². The van der Waals surface area contributed by atoms with Crippen LogP contribution in [0.15, 0.2) is 89.0 Å². The van der Waals surface area contributed by atoms with Crippen LogP contribution in [0.5, 0.6) is 0 Å². The number of hydrogen-bond acceptors (Lipinski definition) is 9. The number of halogens is 4. The summed E-state index contributed by atoms with van der Waals surface area (Å²) in [6.07, 6.45) is 2.47. The van der Waals surface area contributed by atoms with Crippen LogP contribution in [-0.4, -0.2) is 41.0 Å². The number of fused-ring (bicyclic) bond motifs is 1. The van der Waals surface area contributed by atoms with Gasteiger partial charge in [-0.05, 0) is 42.8 Å².